The molecule has 0 aliphatic carbocycles. The average molecular weight is 224 g/mol. The molecule has 1 aromatic rings. The maximum atomic E-state index is 11.7. The molecule has 1 heterocycles. The number of nitrogens with one attached hydrogen (secondary N) is 1. The van der Waals surface area contributed by atoms with Gasteiger partial charge in [-0.15, -0.1) is 11.3 Å². The van der Waals surface area contributed by atoms with E-state index in [0.29, 0.717) is 0 Å². The van der Waals surface area contributed by atoms with Crippen LogP contribution >= 0.6 is 11.3 Å². The van der Waals surface area contributed by atoms with Crippen LogP contribution in [0, 0.1) is 0 Å². The fourth-order valence-corrected chi connectivity index (χ4v) is 1.70. The lowest BCUT2D eigenvalue weighted by molar-refractivity contribution is -0.124. The zero-order valence-electron chi connectivity index (χ0n) is 7.34. The van der Waals surface area contributed by atoms with Gasteiger partial charge in [-0.1, -0.05) is 6.07 Å². The highest BCUT2D eigenvalue weighted by Gasteiger charge is 2.26. The topological polar surface area (TPSA) is 38.0 Å². The number of alkyl halides is 3. The van der Waals surface area contributed by atoms with E-state index in [1.54, 1.807) is 0 Å². The Morgan fingerprint density at radius 3 is 2.71 bits per heavy atom. The Kier molecular flexibility index (Phi) is 3.91. The summed E-state index contributed by atoms with van der Waals surface area (Å²) in [5.41, 5.74) is 5.65. The second-order valence-electron chi connectivity index (χ2n) is 2.87. The molecule has 1 atom stereocenters. The van der Waals surface area contributed by atoms with Crippen molar-refractivity contribution in [3.63, 3.8) is 0 Å². The third-order valence-corrected chi connectivity index (χ3v) is 2.60. The summed E-state index contributed by atoms with van der Waals surface area (Å²) in [6.45, 7) is -0.855. The van der Waals surface area contributed by atoms with E-state index < -0.39 is 12.7 Å². The SMILES string of the molecule is NC(CNCC(F)(F)F)c1cccs1. The third kappa shape index (κ3) is 4.08. The second kappa shape index (κ2) is 4.77. The summed E-state index contributed by atoms with van der Waals surface area (Å²) in [6, 6.07) is 3.27. The van der Waals surface area contributed by atoms with E-state index in [1.165, 1.54) is 11.3 Å². The highest BCUT2D eigenvalue weighted by atomic mass is 32.1. The molecule has 0 bridgehead atoms. The lowest BCUT2D eigenvalue weighted by Crippen LogP contribution is -2.34. The van der Waals surface area contributed by atoms with Crippen molar-refractivity contribution in [2.45, 2.75) is 12.2 Å². The lowest BCUT2D eigenvalue weighted by Gasteiger charge is -2.12. The first-order chi connectivity index (χ1) is 6.49. The van der Waals surface area contributed by atoms with Crippen molar-refractivity contribution in [1.82, 2.24) is 5.32 Å². The van der Waals surface area contributed by atoms with E-state index in [2.05, 4.69) is 5.32 Å². The summed E-state index contributed by atoms with van der Waals surface area (Å²) in [5, 5.41) is 4.12. The molecule has 1 rings (SSSR count). The minimum absolute atomic E-state index is 0.139. The predicted molar refractivity (Wildman–Crippen MR) is 50.2 cm³/mol. The van der Waals surface area contributed by atoms with Gasteiger partial charge in [0.2, 0.25) is 0 Å². The van der Waals surface area contributed by atoms with Gasteiger partial charge in [-0.05, 0) is 11.4 Å². The largest absolute Gasteiger partial charge is 0.401 e. The molecule has 2 nitrogen and oxygen atoms in total. The first-order valence-electron chi connectivity index (χ1n) is 4.05. The predicted octanol–water partition coefficient (Wildman–Crippen LogP) is 1.90. The van der Waals surface area contributed by atoms with Gasteiger partial charge in [0, 0.05) is 11.4 Å². The Labute approximate surface area is 83.9 Å². The van der Waals surface area contributed by atoms with Crippen molar-refractivity contribution < 1.29 is 13.2 Å². The van der Waals surface area contributed by atoms with E-state index in [4.69, 9.17) is 5.73 Å². The molecule has 0 amide bonds. The van der Waals surface area contributed by atoms with Gasteiger partial charge in [0.25, 0.3) is 0 Å². The van der Waals surface area contributed by atoms with Crippen LogP contribution in [-0.2, 0) is 0 Å². The first-order valence-corrected chi connectivity index (χ1v) is 4.93. The van der Waals surface area contributed by atoms with Gasteiger partial charge in [-0.25, -0.2) is 0 Å². The maximum absolute atomic E-state index is 11.7. The number of thiophene rings is 1. The van der Waals surface area contributed by atoms with Crippen molar-refractivity contribution >= 4 is 11.3 Å². The molecule has 0 fully saturated rings. The summed E-state index contributed by atoms with van der Waals surface area (Å²) in [4.78, 5) is 0.889. The van der Waals surface area contributed by atoms with Gasteiger partial charge >= 0.3 is 6.18 Å². The Balaban J connectivity index is 2.26. The molecule has 14 heavy (non-hydrogen) atoms. The number of nitrogens with two attached hydrogens (primary N) is 1. The molecular formula is C8H11F3N2S. The molecule has 0 saturated carbocycles. The van der Waals surface area contributed by atoms with E-state index in [9.17, 15) is 13.2 Å². The van der Waals surface area contributed by atoms with Gasteiger partial charge in [0.1, 0.15) is 0 Å². The number of hydrogen-bond donors (Lipinski definition) is 2. The minimum atomic E-state index is -4.17. The number of rotatable bonds is 4. The van der Waals surface area contributed by atoms with E-state index in [1.807, 2.05) is 17.5 Å². The van der Waals surface area contributed by atoms with E-state index in [0.717, 1.165) is 4.88 Å². The normalized spacial score (nSPS) is 14.3. The molecule has 0 radical (unpaired) electrons. The van der Waals surface area contributed by atoms with Gasteiger partial charge in [0.15, 0.2) is 0 Å². The Morgan fingerprint density at radius 1 is 1.50 bits per heavy atom. The van der Waals surface area contributed by atoms with E-state index in [-0.39, 0.29) is 12.6 Å². The summed E-state index contributed by atoms with van der Waals surface area (Å²) < 4.78 is 35.2. The van der Waals surface area contributed by atoms with Crippen LogP contribution in [0.3, 0.4) is 0 Å². The van der Waals surface area contributed by atoms with Crippen molar-refractivity contribution in [2.24, 2.45) is 5.73 Å². The second-order valence-corrected chi connectivity index (χ2v) is 3.85. The minimum Gasteiger partial charge on any atom is -0.322 e. The Morgan fingerprint density at radius 2 is 2.21 bits per heavy atom. The lowest BCUT2D eigenvalue weighted by atomic mass is 10.2. The van der Waals surface area contributed by atoms with Crippen molar-refractivity contribution in [3.05, 3.63) is 22.4 Å². The fourth-order valence-electron chi connectivity index (χ4n) is 0.972. The molecular weight excluding hydrogens is 213 g/mol. The van der Waals surface area contributed by atoms with Crippen LogP contribution in [0.15, 0.2) is 17.5 Å². The molecule has 0 aliphatic heterocycles. The van der Waals surface area contributed by atoms with Crippen LogP contribution in [0.4, 0.5) is 13.2 Å². The summed E-state index contributed by atoms with van der Waals surface area (Å²) in [5.74, 6) is 0. The van der Waals surface area contributed by atoms with Gasteiger partial charge in [0.05, 0.1) is 12.6 Å². The standard InChI is InChI=1S/C8H11F3N2S/c9-8(10,11)5-13-4-6(12)7-2-1-3-14-7/h1-3,6,13H,4-5,12H2. The zero-order valence-corrected chi connectivity index (χ0v) is 8.16. The van der Waals surface area contributed by atoms with Crippen molar-refractivity contribution in [2.75, 3.05) is 13.1 Å². The van der Waals surface area contributed by atoms with Crippen molar-refractivity contribution in [1.29, 1.82) is 0 Å². The van der Waals surface area contributed by atoms with Gasteiger partial charge < -0.3 is 11.1 Å². The zero-order chi connectivity index (χ0) is 10.6. The highest BCUT2D eigenvalue weighted by molar-refractivity contribution is 7.10. The van der Waals surface area contributed by atoms with Crippen LogP contribution in [0.1, 0.15) is 10.9 Å². The molecule has 0 spiro atoms. The molecule has 1 unspecified atom stereocenters. The number of halogens is 3. The molecule has 6 heteroatoms. The molecule has 1 aromatic heterocycles. The van der Waals surface area contributed by atoms with Crippen LogP contribution in [0.2, 0.25) is 0 Å². The summed E-state index contributed by atoms with van der Waals surface area (Å²) in [7, 11) is 0. The van der Waals surface area contributed by atoms with Crippen molar-refractivity contribution in [3.8, 4) is 0 Å². The van der Waals surface area contributed by atoms with E-state index >= 15 is 0 Å². The average Bonchev–Trinajstić information content (AvgIpc) is 2.53. The summed E-state index contributed by atoms with van der Waals surface area (Å²) in [6.07, 6.45) is -4.17. The molecule has 3 N–H and O–H groups in total. The Hall–Kier alpha value is -0.590. The highest BCUT2D eigenvalue weighted by Crippen LogP contribution is 2.16. The van der Waals surface area contributed by atoms with Crippen LogP contribution in [0.25, 0.3) is 0 Å². The molecule has 0 saturated heterocycles. The fraction of sp³-hybridized carbons (Fsp3) is 0.500. The third-order valence-electron chi connectivity index (χ3n) is 1.60. The Bertz CT molecular complexity index is 258. The smallest absolute Gasteiger partial charge is 0.322 e. The molecule has 0 aliphatic rings. The quantitative estimate of drug-likeness (QED) is 0.819. The number of hydrogen-bond acceptors (Lipinski definition) is 3. The van der Waals surface area contributed by atoms with Gasteiger partial charge in [-0.2, -0.15) is 13.2 Å². The molecule has 80 valence electrons. The van der Waals surface area contributed by atoms with Gasteiger partial charge in [-0.3, -0.25) is 0 Å². The van der Waals surface area contributed by atoms with Crippen LogP contribution in [-0.4, -0.2) is 19.3 Å². The summed E-state index contributed by atoms with van der Waals surface area (Å²) >= 11 is 1.44. The first kappa shape index (κ1) is 11.5. The maximum Gasteiger partial charge on any atom is 0.401 e. The monoisotopic (exact) mass is 224 g/mol. The van der Waals surface area contributed by atoms with Crippen LogP contribution < -0.4 is 11.1 Å². The van der Waals surface area contributed by atoms with Crippen LogP contribution in [0.5, 0.6) is 0 Å². The molecule has 0 aromatic carbocycles.